The van der Waals surface area contributed by atoms with E-state index in [2.05, 4.69) is 6.58 Å². The van der Waals surface area contributed by atoms with E-state index in [1.54, 1.807) is 17.1 Å². The SMILES string of the molecule is C=CC[C@@H]1N([C@H](C)c2ccccc2)C(=O)[C@H]2[C@H](C(=O)[O-])[C@H]3C=C[C@]12O3. The number of carbonyl (C=O) groups is 2. The summed E-state index contributed by atoms with van der Waals surface area (Å²) in [4.78, 5) is 26.7. The number of nitrogens with zero attached hydrogens (tertiary/aromatic N) is 1. The minimum absolute atomic E-state index is 0.177. The van der Waals surface area contributed by atoms with Gasteiger partial charge in [0.1, 0.15) is 5.60 Å². The highest BCUT2D eigenvalue weighted by Gasteiger charge is 2.69. The molecule has 0 aromatic heterocycles. The lowest BCUT2D eigenvalue weighted by molar-refractivity contribution is -0.313. The van der Waals surface area contributed by atoms with Gasteiger partial charge in [0.15, 0.2) is 0 Å². The summed E-state index contributed by atoms with van der Waals surface area (Å²) in [6, 6.07) is 9.27. The monoisotopic (exact) mass is 338 g/mol. The van der Waals surface area contributed by atoms with E-state index in [1.807, 2.05) is 43.3 Å². The Hall–Kier alpha value is -2.40. The normalized spacial score (nSPS) is 36.5. The molecule has 25 heavy (non-hydrogen) atoms. The molecular formula is C20H20NO4-. The molecule has 6 atom stereocenters. The van der Waals surface area contributed by atoms with Gasteiger partial charge in [-0.05, 0) is 18.9 Å². The van der Waals surface area contributed by atoms with Gasteiger partial charge in [-0.25, -0.2) is 0 Å². The number of likely N-dealkylation sites (tertiary alicyclic amines) is 1. The van der Waals surface area contributed by atoms with Crippen LogP contribution in [0.3, 0.4) is 0 Å². The summed E-state index contributed by atoms with van der Waals surface area (Å²) in [5.74, 6) is -3.06. The molecular weight excluding hydrogens is 318 g/mol. The van der Waals surface area contributed by atoms with Crippen LogP contribution in [-0.4, -0.2) is 34.5 Å². The minimum Gasteiger partial charge on any atom is -0.550 e. The molecule has 1 spiro atoms. The zero-order valence-electron chi connectivity index (χ0n) is 14.0. The Morgan fingerprint density at radius 2 is 2.16 bits per heavy atom. The molecule has 3 aliphatic rings. The second kappa shape index (κ2) is 5.56. The van der Waals surface area contributed by atoms with Gasteiger partial charge in [-0.2, -0.15) is 0 Å². The maximum atomic E-state index is 13.3. The first kappa shape index (κ1) is 16.1. The predicted octanol–water partition coefficient (Wildman–Crippen LogP) is 1.22. The molecule has 2 bridgehead atoms. The highest BCUT2D eigenvalue weighted by molar-refractivity contribution is 5.91. The summed E-state index contributed by atoms with van der Waals surface area (Å²) in [5, 5.41) is 11.7. The number of carbonyl (C=O) groups excluding carboxylic acids is 2. The van der Waals surface area contributed by atoms with Crippen molar-refractivity contribution in [1.29, 1.82) is 0 Å². The van der Waals surface area contributed by atoms with Gasteiger partial charge >= 0.3 is 0 Å². The summed E-state index contributed by atoms with van der Waals surface area (Å²) in [5.41, 5.74) is 0.105. The van der Waals surface area contributed by atoms with Crippen LogP contribution in [0.4, 0.5) is 0 Å². The number of hydrogen-bond acceptors (Lipinski definition) is 4. The number of amides is 1. The number of carboxylic acid groups (broad SMARTS) is 1. The van der Waals surface area contributed by atoms with Gasteiger partial charge in [0.2, 0.25) is 5.91 Å². The fourth-order valence-electron chi connectivity index (χ4n) is 4.75. The number of aliphatic carboxylic acids is 1. The molecule has 2 saturated heterocycles. The lowest BCUT2D eigenvalue weighted by Crippen LogP contribution is -2.46. The number of fused-ring (bicyclic) bond motifs is 1. The molecule has 0 saturated carbocycles. The molecule has 4 rings (SSSR count). The average Bonchev–Trinajstić information content (AvgIpc) is 3.24. The Morgan fingerprint density at radius 3 is 2.80 bits per heavy atom. The standard InChI is InChI=1S/C20H21NO4/c1-3-7-15-20-11-10-14(25-20)16(19(23)24)17(20)18(22)21(15)12(2)13-8-5-4-6-9-13/h3-6,8-12,14-17H,1,7H2,2H3,(H,23,24)/p-1/t12-,14-,15+,16-,17-,20+/m1/s1. The van der Waals surface area contributed by atoms with Gasteiger partial charge < -0.3 is 19.5 Å². The third kappa shape index (κ3) is 2.05. The van der Waals surface area contributed by atoms with Crippen molar-refractivity contribution in [1.82, 2.24) is 4.90 Å². The van der Waals surface area contributed by atoms with Crippen LogP contribution in [0.1, 0.15) is 24.9 Å². The average molecular weight is 338 g/mol. The lowest BCUT2D eigenvalue weighted by atomic mass is 9.74. The quantitative estimate of drug-likeness (QED) is 0.757. The van der Waals surface area contributed by atoms with Crippen LogP contribution in [0.25, 0.3) is 0 Å². The third-order valence-electron chi connectivity index (χ3n) is 5.82. The van der Waals surface area contributed by atoms with Gasteiger partial charge in [0.05, 0.1) is 24.1 Å². The highest BCUT2D eigenvalue weighted by Crippen LogP contribution is 2.57. The van der Waals surface area contributed by atoms with E-state index in [9.17, 15) is 14.7 Å². The Balaban J connectivity index is 1.78. The van der Waals surface area contributed by atoms with E-state index in [4.69, 9.17) is 4.74 Å². The molecule has 3 heterocycles. The molecule has 0 N–H and O–H groups in total. The van der Waals surface area contributed by atoms with Crippen molar-refractivity contribution >= 4 is 11.9 Å². The smallest absolute Gasteiger partial charge is 0.230 e. The largest absolute Gasteiger partial charge is 0.550 e. The topological polar surface area (TPSA) is 69.7 Å². The Bertz CT molecular complexity index is 758. The molecule has 3 aliphatic heterocycles. The van der Waals surface area contributed by atoms with E-state index >= 15 is 0 Å². The predicted molar refractivity (Wildman–Crippen MR) is 89.0 cm³/mol. The molecule has 0 unspecified atom stereocenters. The van der Waals surface area contributed by atoms with Crippen LogP contribution in [-0.2, 0) is 14.3 Å². The molecule has 2 fully saturated rings. The first-order valence-corrected chi connectivity index (χ1v) is 8.57. The molecule has 0 radical (unpaired) electrons. The first-order chi connectivity index (χ1) is 12.0. The van der Waals surface area contributed by atoms with E-state index in [0.717, 1.165) is 5.56 Å². The number of benzene rings is 1. The molecule has 1 aromatic rings. The Kier molecular flexibility index (Phi) is 3.58. The van der Waals surface area contributed by atoms with Crippen molar-refractivity contribution in [2.45, 2.75) is 37.1 Å². The van der Waals surface area contributed by atoms with Crippen LogP contribution in [0.2, 0.25) is 0 Å². The molecule has 1 amide bonds. The number of ether oxygens (including phenoxy) is 1. The number of carboxylic acids is 1. The van der Waals surface area contributed by atoms with Crippen molar-refractivity contribution in [2.75, 3.05) is 0 Å². The lowest BCUT2D eigenvalue weighted by Gasteiger charge is -2.36. The van der Waals surface area contributed by atoms with Crippen LogP contribution >= 0.6 is 0 Å². The summed E-state index contributed by atoms with van der Waals surface area (Å²) < 4.78 is 6.07. The van der Waals surface area contributed by atoms with E-state index in [0.29, 0.717) is 6.42 Å². The third-order valence-corrected chi connectivity index (χ3v) is 5.82. The first-order valence-electron chi connectivity index (χ1n) is 8.57. The van der Waals surface area contributed by atoms with Crippen molar-refractivity contribution in [3.63, 3.8) is 0 Å². The maximum absolute atomic E-state index is 13.3. The fraction of sp³-hybridized carbons (Fsp3) is 0.400. The molecule has 5 nitrogen and oxygen atoms in total. The summed E-state index contributed by atoms with van der Waals surface area (Å²) in [6.45, 7) is 5.78. The van der Waals surface area contributed by atoms with Crippen molar-refractivity contribution in [3.8, 4) is 0 Å². The van der Waals surface area contributed by atoms with E-state index in [-0.39, 0.29) is 18.0 Å². The Morgan fingerprint density at radius 1 is 1.44 bits per heavy atom. The minimum atomic E-state index is -1.22. The fourth-order valence-corrected chi connectivity index (χ4v) is 4.75. The second-order valence-electron chi connectivity index (χ2n) is 6.99. The van der Waals surface area contributed by atoms with Crippen molar-refractivity contribution < 1.29 is 19.4 Å². The summed E-state index contributed by atoms with van der Waals surface area (Å²) >= 11 is 0. The number of rotatable bonds is 5. The van der Waals surface area contributed by atoms with Crippen LogP contribution in [0.15, 0.2) is 55.1 Å². The van der Waals surface area contributed by atoms with Gasteiger partial charge in [0.25, 0.3) is 0 Å². The van der Waals surface area contributed by atoms with E-state index in [1.165, 1.54) is 0 Å². The summed E-state index contributed by atoms with van der Waals surface area (Å²) in [6.07, 6.45) is 5.36. The molecule has 130 valence electrons. The second-order valence-corrected chi connectivity index (χ2v) is 6.99. The van der Waals surface area contributed by atoms with Gasteiger partial charge in [-0.1, -0.05) is 48.6 Å². The molecule has 5 heteroatoms. The maximum Gasteiger partial charge on any atom is 0.230 e. The Labute approximate surface area is 146 Å². The zero-order valence-corrected chi connectivity index (χ0v) is 14.0. The molecule has 0 aliphatic carbocycles. The van der Waals surface area contributed by atoms with Crippen molar-refractivity contribution in [3.05, 3.63) is 60.7 Å². The van der Waals surface area contributed by atoms with E-state index < -0.39 is 29.5 Å². The zero-order chi connectivity index (χ0) is 17.8. The van der Waals surface area contributed by atoms with Crippen LogP contribution < -0.4 is 5.11 Å². The molecule has 1 aromatic carbocycles. The van der Waals surface area contributed by atoms with Crippen molar-refractivity contribution in [2.24, 2.45) is 11.8 Å². The number of hydrogen-bond donors (Lipinski definition) is 0. The van der Waals surface area contributed by atoms with Gasteiger partial charge in [0, 0.05) is 11.9 Å². The van der Waals surface area contributed by atoms with Crippen LogP contribution in [0.5, 0.6) is 0 Å². The van der Waals surface area contributed by atoms with Crippen LogP contribution in [0, 0.1) is 11.8 Å². The summed E-state index contributed by atoms with van der Waals surface area (Å²) in [7, 11) is 0. The van der Waals surface area contributed by atoms with Gasteiger partial charge in [-0.15, -0.1) is 6.58 Å². The highest BCUT2D eigenvalue weighted by atomic mass is 16.5. The van der Waals surface area contributed by atoms with Gasteiger partial charge in [-0.3, -0.25) is 4.79 Å².